The maximum Gasteiger partial charge on any atom is 0.221 e. The lowest BCUT2D eigenvalue weighted by atomic mass is 9.94. The van der Waals surface area contributed by atoms with Gasteiger partial charge in [0.1, 0.15) is 0 Å². The Hall–Kier alpha value is -1.43. The van der Waals surface area contributed by atoms with Gasteiger partial charge in [0.2, 0.25) is 5.91 Å². The first-order chi connectivity index (χ1) is 11.6. The Morgan fingerprint density at radius 1 is 1.33 bits per heavy atom. The van der Waals surface area contributed by atoms with Crippen LogP contribution in [-0.4, -0.2) is 30.9 Å². The van der Waals surface area contributed by atoms with E-state index in [1.807, 2.05) is 18.2 Å². The second kappa shape index (κ2) is 7.64. The first kappa shape index (κ1) is 17.4. The topological polar surface area (TPSA) is 59.6 Å². The molecular weight excluding hydrogens is 304 g/mol. The van der Waals surface area contributed by atoms with Crippen molar-refractivity contribution in [3.63, 3.8) is 0 Å². The fourth-order valence-electron chi connectivity index (χ4n) is 3.58. The molecule has 1 aromatic carbocycles. The molecule has 5 nitrogen and oxygen atoms in total. The second-order valence-electron chi connectivity index (χ2n) is 6.96. The number of ether oxygens (including phenoxy) is 2. The molecule has 1 heterocycles. The zero-order valence-corrected chi connectivity index (χ0v) is 14.6. The molecule has 0 aromatic heterocycles. The predicted molar refractivity (Wildman–Crippen MR) is 93.8 cm³/mol. The van der Waals surface area contributed by atoms with E-state index in [4.69, 9.17) is 9.47 Å². The summed E-state index contributed by atoms with van der Waals surface area (Å²) < 4.78 is 12.2. The molecule has 2 atom stereocenters. The Kier molecular flexibility index (Phi) is 5.54. The fourth-order valence-corrected chi connectivity index (χ4v) is 3.58. The highest BCUT2D eigenvalue weighted by molar-refractivity contribution is 5.88. The summed E-state index contributed by atoms with van der Waals surface area (Å²) in [5.41, 5.74) is 1.97. The minimum atomic E-state index is -0.306. The van der Waals surface area contributed by atoms with Gasteiger partial charge in [0.25, 0.3) is 0 Å². The van der Waals surface area contributed by atoms with Crippen LogP contribution >= 0.6 is 0 Å². The van der Waals surface area contributed by atoms with E-state index in [1.54, 1.807) is 0 Å². The van der Waals surface area contributed by atoms with E-state index in [1.165, 1.54) is 26.2 Å². The van der Waals surface area contributed by atoms with Crippen LogP contribution in [0, 0.1) is 0 Å². The zero-order chi connectivity index (χ0) is 17.0. The summed E-state index contributed by atoms with van der Waals surface area (Å²) in [7, 11) is 0. The summed E-state index contributed by atoms with van der Waals surface area (Å²) >= 11 is 0. The van der Waals surface area contributed by atoms with Crippen molar-refractivity contribution in [1.82, 2.24) is 5.32 Å². The lowest BCUT2D eigenvalue weighted by Crippen LogP contribution is -2.36. The Balaban J connectivity index is 1.50. The predicted octanol–water partition coefficient (Wildman–Crippen LogP) is 3.37. The van der Waals surface area contributed by atoms with Crippen molar-refractivity contribution >= 4 is 11.6 Å². The highest BCUT2D eigenvalue weighted by Gasteiger charge is 2.42. The molecule has 2 aliphatic rings. The van der Waals surface area contributed by atoms with Crippen molar-refractivity contribution in [2.75, 3.05) is 18.5 Å². The molecule has 2 fully saturated rings. The second-order valence-corrected chi connectivity index (χ2v) is 6.96. The normalized spacial score (nSPS) is 24.0. The Morgan fingerprint density at radius 3 is 2.88 bits per heavy atom. The quantitative estimate of drug-likeness (QED) is 0.868. The SMILES string of the molecule is CC(=O)Nc1cccc([C@@H](C)NC[C@H]2COC3(CCCCC3)O2)c1. The number of benzene rings is 1. The van der Waals surface area contributed by atoms with E-state index < -0.39 is 0 Å². The van der Waals surface area contributed by atoms with Gasteiger partial charge in [0, 0.05) is 38.0 Å². The molecule has 2 N–H and O–H groups in total. The van der Waals surface area contributed by atoms with Crippen LogP contribution < -0.4 is 10.6 Å². The molecule has 0 unspecified atom stereocenters. The summed E-state index contributed by atoms with van der Waals surface area (Å²) in [6.07, 6.45) is 5.86. The van der Waals surface area contributed by atoms with E-state index in [9.17, 15) is 4.79 Å². The molecule has 1 saturated heterocycles. The van der Waals surface area contributed by atoms with Crippen LogP contribution in [0.1, 0.15) is 57.6 Å². The molecule has 1 aliphatic heterocycles. The third-order valence-corrected chi connectivity index (χ3v) is 4.89. The standard InChI is InChI=1S/C19H28N2O3/c1-14(16-7-6-8-17(11-16)21-15(2)22)20-12-18-13-23-19(24-18)9-4-3-5-10-19/h6-8,11,14,18,20H,3-5,9-10,12-13H2,1-2H3,(H,21,22)/t14-,18+/m1/s1. The van der Waals surface area contributed by atoms with Crippen molar-refractivity contribution in [2.45, 2.75) is 63.9 Å². The highest BCUT2D eigenvalue weighted by Crippen LogP contribution is 2.37. The lowest BCUT2D eigenvalue weighted by molar-refractivity contribution is -0.186. The van der Waals surface area contributed by atoms with Crippen LogP contribution in [-0.2, 0) is 14.3 Å². The number of carbonyl (C=O) groups excluding carboxylic acids is 1. The third kappa shape index (κ3) is 4.35. The average Bonchev–Trinajstić information content (AvgIpc) is 2.95. The van der Waals surface area contributed by atoms with Crippen molar-refractivity contribution in [3.05, 3.63) is 29.8 Å². The molecular formula is C19H28N2O3. The van der Waals surface area contributed by atoms with Crippen LogP contribution in [0.2, 0.25) is 0 Å². The summed E-state index contributed by atoms with van der Waals surface area (Å²) in [5.74, 6) is -0.360. The van der Waals surface area contributed by atoms with Crippen LogP contribution in [0.15, 0.2) is 24.3 Å². The molecule has 1 spiro atoms. The van der Waals surface area contributed by atoms with Crippen LogP contribution in [0.5, 0.6) is 0 Å². The van der Waals surface area contributed by atoms with Gasteiger partial charge in [-0.25, -0.2) is 0 Å². The van der Waals surface area contributed by atoms with Gasteiger partial charge in [-0.05, 0) is 37.5 Å². The molecule has 0 bridgehead atoms. The van der Waals surface area contributed by atoms with Gasteiger partial charge in [0.05, 0.1) is 12.7 Å². The number of carbonyl (C=O) groups is 1. The van der Waals surface area contributed by atoms with Gasteiger partial charge in [-0.3, -0.25) is 4.79 Å². The molecule has 132 valence electrons. The average molecular weight is 332 g/mol. The van der Waals surface area contributed by atoms with Gasteiger partial charge in [0.15, 0.2) is 5.79 Å². The van der Waals surface area contributed by atoms with E-state index in [0.29, 0.717) is 6.61 Å². The Labute approximate surface area is 144 Å². The molecule has 3 rings (SSSR count). The Morgan fingerprint density at radius 2 is 2.12 bits per heavy atom. The summed E-state index contributed by atoms with van der Waals surface area (Å²) in [6, 6.07) is 8.12. The van der Waals surface area contributed by atoms with E-state index in [0.717, 1.165) is 30.6 Å². The van der Waals surface area contributed by atoms with E-state index in [2.05, 4.69) is 23.6 Å². The lowest BCUT2D eigenvalue weighted by Gasteiger charge is -2.31. The molecule has 1 aromatic rings. The number of hydrogen-bond acceptors (Lipinski definition) is 4. The number of amides is 1. The number of nitrogens with one attached hydrogen (secondary N) is 2. The van der Waals surface area contributed by atoms with E-state index in [-0.39, 0.29) is 23.8 Å². The van der Waals surface area contributed by atoms with Crippen LogP contribution in [0.3, 0.4) is 0 Å². The highest BCUT2D eigenvalue weighted by atomic mass is 16.7. The summed E-state index contributed by atoms with van der Waals surface area (Å²) in [4.78, 5) is 11.2. The maximum absolute atomic E-state index is 11.2. The maximum atomic E-state index is 11.2. The minimum absolute atomic E-state index is 0.0537. The number of rotatable bonds is 5. The summed E-state index contributed by atoms with van der Waals surface area (Å²) in [5, 5.41) is 6.35. The molecule has 0 radical (unpaired) electrons. The first-order valence-electron chi connectivity index (χ1n) is 8.99. The third-order valence-electron chi connectivity index (χ3n) is 4.89. The summed E-state index contributed by atoms with van der Waals surface area (Å²) in [6.45, 7) is 5.09. The number of hydrogen-bond donors (Lipinski definition) is 2. The van der Waals surface area contributed by atoms with Gasteiger partial charge in [-0.15, -0.1) is 0 Å². The van der Waals surface area contributed by atoms with Crippen molar-refractivity contribution in [3.8, 4) is 0 Å². The largest absolute Gasteiger partial charge is 0.347 e. The molecule has 5 heteroatoms. The fraction of sp³-hybridized carbons (Fsp3) is 0.632. The van der Waals surface area contributed by atoms with Crippen LogP contribution in [0.4, 0.5) is 5.69 Å². The van der Waals surface area contributed by atoms with Crippen LogP contribution in [0.25, 0.3) is 0 Å². The monoisotopic (exact) mass is 332 g/mol. The van der Waals surface area contributed by atoms with Crippen molar-refractivity contribution < 1.29 is 14.3 Å². The van der Waals surface area contributed by atoms with E-state index >= 15 is 0 Å². The van der Waals surface area contributed by atoms with Gasteiger partial charge < -0.3 is 20.1 Å². The molecule has 1 aliphatic carbocycles. The van der Waals surface area contributed by atoms with Crippen molar-refractivity contribution in [2.24, 2.45) is 0 Å². The first-order valence-corrected chi connectivity index (χ1v) is 8.99. The zero-order valence-electron chi connectivity index (χ0n) is 14.6. The molecule has 1 amide bonds. The van der Waals surface area contributed by atoms with Gasteiger partial charge >= 0.3 is 0 Å². The minimum Gasteiger partial charge on any atom is -0.347 e. The molecule has 24 heavy (non-hydrogen) atoms. The molecule has 1 saturated carbocycles. The smallest absolute Gasteiger partial charge is 0.221 e. The van der Waals surface area contributed by atoms with Gasteiger partial charge in [-0.1, -0.05) is 18.6 Å². The number of anilines is 1. The Bertz CT molecular complexity index is 569. The van der Waals surface area contributed by atoms with Gasteiger partial charge in [-0.2, -0.15) is 0 Å². The van der Waals surface area contributed by atoms with Crippen molar-refractivity contribution in [1.29, 1.82) is 0 Å².